The van der Waals surface area contributed by atoms with Crippen molar-refractivity contribution in [2.75, 3.05) is 7.11 Å². The molecule has 2 N–H and O–H groups in total. The Balaban J connectivity index is 1.79. The van der Waals surface area contributed by atoms with Crippen molar-refractivity contribution in [2.45, 2.75) is 103 Å². The number of carboxylic acids is 1. The van der Waals surface area contributed by atoms with Crippen LogP contribution in [0.4, 0.5) is 8.78 Å². The molecular weight excluding hydrogens is 538 g/mol. The Hall–Kier alpha value is -3.00. The highest BCUT2D eigenvalue weighted by Gasteiger charge is 2.58. The number of halogens is 2. The first-order valence-corrected chi connectivity index (χ1v) is 14.9. The van der Waals surface area contributed by atoms with Gasteiger partial charge in [0.15, 0.2) is 0 Å². The average Bonchev–Trinajstić information content (AvgIpc) is 3.44. The first kappa shape index (κ1) is 31.9. The van der Waals surface area contributed by atoms with Crippen LogP contribution in [0.5, 0.6) is 5.75 Å². The van der Waals surface area contributed by atoms with E-state index < -0.39 is 53.2 Å². The van der Waals surface area contributed by atoms with Gasteiger partial charge in [0.1, 0.15) is 11.8 Å². The van der Waals surface area contributed by atoms with Crippen LogP contribution in [0.15, 0.2) is 48.5 Å². The van der Waals surface area contributed by atoms with Crippen LogP contribution >= 0.6 is 0 Å². The van der Waals surface area contributed by atoms with Gasteiger partial charge in [0.25, 0.3) is 5.92 Å². The van der Waals surface area contributed by atoms with E-state index in [9.17, 15) is 23.5 Å². The molecule has 1 heterocycles. The quantitative estimate of drug-likeness (QED) is 0.350. The Labute approximate surface area is 248 Å². The van der Waals surface area contributed by atoms with E-state index in [2.05, 4.69) is 32.2 Å². The second kappa shape index (κ2) is 11.9. The molecule has 5 atom stereocenters. The number of carbonyl (C=O) groups is 2. The topological polar surface area (TPSA) is 78.9 Å². The van der Waals surface area contributed by atoms with Crippen molar-refractivity contribution in [1.29, 1.82) is 0 Å². The van der Waals surface area contributed by atoms with Gasteiger partial charge in [-0.05, 0) is 40.9 Å². The first-order chi connectivity index (χ1) is 19.6. The predicted molar refractivity (Wildman–Crippen MR) is 160 cm³/mol. The van der Waals surface area contributed by atoms with Crippen LogP contribution in [-0.4, -0.2) is 47.0 Å². The van der Waals surface area contributed by atoms with Gasteiger partial charge in [0.05, 0.1) is 13.2 Å². The van der Waals surface area contributed by atoms with Crippen LogP contribution in [0, 0.1) is 17.3 Å². The number of carbonyl (C=O) groups excluding carboxylic acids is 1. The van der Waals surface area contributed by atoms with E-state index in [0.29, 0.717) is 18.7 Å². The molecular formula is C34H46F2N2O4. The molecule has 1 amide bonds. The zero-order valence-corrected chi connectivity index (χ0v) is 25.9. The minimum absolute atomic E-state index is 0.0885. The summed E-state index contributed by atoms with van der Waals surface area (Å²) in [4.78, 5) is 28.4. The van der Waals surface area contributed by atoms with E-state index in [4.69, 9.17) is 4.74 Å². The number of carboxylic acid groups (broad SMARTS) is 1. The highest BCUT2D eigenvalue weighted by molar-refractivity contribution is 5.86. The highest BCUT2D eigenvalue weighted by atomic mass is 19.3. The Morgan fingerprint density at radius 2 is 1.74 bits per heavy atom. The van der Waals surface area contributed by atoms with E-state index in [1.54, 1.807) is 7.11 Å². The third-order valence-electron chi connectivity index (χ3n) is 9.10. The van der Waals surface area contributed by atoms with Crippen molar-refractivity contribution in [2.24, 2.45) is 17.3 Å². The number of hydrogen-bond donors (Lipinski definition) is 2. The fraction of sp³-hybridized carbons (Fsp3) is 0.588. The zero-order valence-electron chi connectivity index (χ0n) is 25.9. The van der Waals surface area contributed by atoms with Crippen LogP contribution in [0.25, 0.3) is 0 Å². The number of nitrogens with zero attached hydrogens (tertiary/aromatic N) is 1. The summed E-state index contributed by atoms with van der Waals surface area (Å²) in [6.45, 7) is 12.7. The van der Waals surface area contributed by atoms with Gasteiger partial charge in [-0.3, -0.25) is 4.79 Å². The summed E-state index contributed by atoms with van der Waals surface area (Å²) in [5.41, 5.74) is 2.21. The smallest absolute Gasteiger partial charge is 0.326 e. The first-order valence-electron chi connectivity index (χ1n) is 14.9. The lowest BCUT2D eigenvalue weighted by molar-refractivity contribution is -0.153. The summed E-state index contributed by atoms with van der Waals surface area (Å²) in [6, 6.07) is 13.1. The highest BCUT2D eigenvalue weighted by Crippen LogP contribution is 2.50. The molecule has 0 spiro atoms. The normalized spacial score (nSPS) is 25.9. The number of likely N-dealkylation sites (tertiary alicyclic amines) is 1. The van der Waals surface area contributed by atoms with Crippen LogP contribution in [0.2, 0.25) is 0 Å². The minimum atomic E-state index is -2.92. The largest absolute Gasteiger partial charge is 0.496 e. The van der Waals surface area contributed by atoms with Gasteiger partial charge >= 0.3 is 5.97 Å². The van der Waals surface area contributed by atoms with Crippen LogP contribution in [-0.2, 0) is 21.5 Å². The van der Waals surface area contributed by atoms with Gasteiger partial charge in [0.2, 0.25) is 5.91 Å². The minimum Gasteiger partial charge on any atom is -0.496 e. The number of methoxy groups -OCH3 is 1. The van der Waals surface area contributed by atoms with Gasteiger partial charge in [0, 0.05) is 42.8 Å². The third-order valence-corrected chi connectivity index (χ3v) is 9.10. The van der Waals surface area contributed by atoms with Gasteiger partial charge in [-0.15, -0.1) is 0 Å². The fourth-order valence-corrected chi connectivity index (χ4v) is 6.94. The molecule has 1 aliphatic heterocycles. The number of benzene rings is 2. The maximum Gasteiger partial charge on any atom is 0.326 e. The lowest BCUT2D eigenvalue weighted by Crippen LogP contribution is -2.48. The van der Waals surface area contributed by atoms with Gasteiger partial charge in [-0.1, -0.05) is 84.0 Å². The van der Waals surface area contributed by atoms with E-state index in [0.717, 1.165) is 16.7 Å². The maximum absolute atomic E-state index is 14.7. The van der Waals surface area contributed by atoms with E-state index in [-0.39, 0.29) is 24.7 Å². The molecule has 0 radical (unpaired) electrons. The summed E-state index contributed by atoms with van der Waals surface area (Å²) in [6.07, 6.45) is 0.0130. The van der Waals surface area contributed by atoms with Crippen LogP contribution in [0.3, 0.4) is 0 Å². The van der Waals surface area contributed by atoms with E-state index >= 15 is 0 Å². The molecule has 2 fully saturated rings. The molecule has 2 aliphatic rings. The summed E-state index contributed by atoms with van der Waals surface area (Å²) < 4.78 is 35.0. The number of ether oxygens (including phenoxy) is 1. The van der Waals surface area contributed by atoms with Crippen molar-refractivity contribution in [3.63, 3.8) is 0 Å². The standard InChI is InChI=1S/C34H46F2N2O4/c1-32(2,3)23-15-16-25(42-7)22(18-23)20-37-28-27(33(4,5)6)30(31(40)41)38(29(28)21-12-9-8-10-13-21)26(39)19-24-14-11-17-34(24,35)36/h8-10,12-13,15-16,18,24,27-30,37H,11,14,17,19-20H2,1-7H3,(H,40,41)/t24?,27-,28-,29-,30-/m0/s1. The molecule has 1 aliphatic carbocycles. The summed E-state index contributed by atoms with van der Waals surface area (Å²) in [5, 5.41) is 14.3. The lowest BCUT2D eigenvalue weighted by atomic mass is 9.72. The number of amides is 1. The third kappa shape index (κ3) is 6.48. The molecule has 0 aromatic heterocycles. The van der Waals surface area contributed by atoms with Crippen LogP contribution < -0.4 is 10.1 Å². The Bertz CT molecular complexity index is 1270. The summed E-state index contributed by atoms with van der Waals surface area (Å²) in [5.74, 6) is -5.46. The Morgan fingerprint density at radius 3 is 2.26 bits per heavy atom. The second-order valence-electron chi connectivity index (χ2n) is 14.1. The second-order valence-corrected chi connectivity index (χ2v) is 14.1. The number of rotatable bonds is 8. The van der Waals surface area contributed by atoms with Crippen molar-refractivity contribution in [3.05, 3.63) is 65.2 Å². The lowest BCUT2D eigenvalue weighted by Gasteiger charge is -2.35. The molecule has 2 aromatic rings. The van der Waals surface area contributed by atoms with Crippen LogP contribution in [0.1, 0.15) is 90.0 Å². The Kier molecular flexibility index (Phi) is 9.08. The predicted octanol–water partition coefficient (Wildman–Crippen LogP) is 6.98. The number of alkyl halides is 2. The van der Waals surface area contributed by atoms with Gasteiger partial charge in [-0.2, -0.15) is 0 Å². The van der Waals surface area contributed by atoms with Gasteiger partial charge < -0.3 is 20.1 Å². The summed E-state index contributed by atoms with van der Waals surface area (Å²) >= 11 is 0. The molecule has 1 saturated carbocycles. The summed E-state index contributed by atoms with van der Waals surface area (Å²) in [7, 11) is 1.62. The molecule has 1 unspecified atom stereocenters. The molecule has 42 heavy (non-hydrogen) atoms. The SMILES string of the molecule is COc1ccc(C(C)(C)C)cc1CN[C@H]1[C@H](C(C)(C)C)[C@@H](C(=O)O)N(C(=O)CC2CCCC2(F)F)[C@H]1c1ccccc1. The molecule has 6 nitrogen and oxygen atoms in total. The molecule has 1 saturated heterocycles. The fourth-order valence-electron chi connectivity index (χ4n) is 6.94. The van der Waals surface area contributed by atoms with Crippen molar-refractivity contribution in [3.8, 4) is 5.75 Å². The number of aliphatic carboxylic acids is 1. The number of nitrogens with one attached hydrogen (secondary N) is 1. The molecule has 4 rings (SSSR count). The molecule has 2 aromatic carbocycles. The van der Waals surface area contributed by atoms with Gasteiger partial charge in [-0.25, -0.2) is 13.6 Å². The Morgan fingerprint density at radius 1 is 1.07 bits per heavy atom. The van der Waals surface area contributed by atoms with E-state index in [1.807, 2.05) is 63.2 Å². The monoisotopic (exact) mass is 584 g/mol. The molecule has 0 bridgehead atoms. The number of hydrogen-bond acceptors (Lipinski definition) is 4. The van der Waals surface area contributed by atoms with Crippen molar-refractivity contribution < 1.29 is 28.2 Å². The molecule has 8 heteroatoms. The average molecular weight is 585 g/mol. The molecule has 230 valence electrons. The van der Waals surface area contributed by atoms with Crippen molar-refractivity contribution >= 4 is 11.9 Å². The van der Waals surface area contributed by atoms with Crippen molar-refractivity contribution in [1.82, 2.24) is 10.2 Å². The maximum atomic E-state index is 14.7. The van der Waals surface area contributed by atoms with E-state index in [1.165, 1.54) is 4.90 Å². The zero-order chi connectivity index (χ0) is 31.0.